The number of hydrogen-bond acceptors (Lipinski definition) is 16. The van der Waals surface area contributed by atoms with E-state index in [1.165, 1.54) is 35.9 Å². The SMILES string of the molecule is C#CC1(O)CCC(CNc2ncc(S(=O)(=O)NC(=O)c3ccc(N4CCC5(CC4)CC(N4CCN(Cc6ccnc(OC)c6)C[C@H]4c4ccccc4C(C)C)C5)cc3Oc3cc4c(F)c[nH]c4nc3OC)cc2[N+](=O)[O-])CC1. The fraction of sp³-hybridized carbons (Fsp3) is 0.439. The summed E-state index contributed by atoms with van der Waals surface area (Å²) in [6, 6.07) is 20.6. The number of nitrogens with zero attached hydrogens (tertiary/aromatic N) is 7. The zero-order chi connectivity index (χ0) is 54.9. The van der Waals surface area contributed by atoms with E-state index in [0.717, 1.165) is 70.3 Å². The number of H-pyrrole nitrogens is 1. The third-order valence-electron chi connectivity index (χ3n) is 16.4. The molecule has 1 amide bonds. The lowest BCUT2D eigenvalue weighted by Gasteiger charge is -2.58. The van der Waals surface area contributed by atoms with Gasteiger partial charge in [-0.2, -0.15) is 4.98 Å². The Morgan fingerprint density at radius 1 is 1.00 bits per heavy atom. The van der Waals surface area contributed by atoms with Crippen molar-refractivity contribution in [1.82, 2.24) is 34.5 Å². The van der Waals surface area contributed by atoms with Crippen LogP contribution in [0.15, 0.2) is 90.2 Å². The zero-order valence-corrected chi connectivity index (χ0v) is 45.0. The number of benzene rings is 2. The second-order valence-electron chi connectivity index (χ2n) is 21.6. The molecule has 6 heterocycles. The predicted molar refractivity (Wildman–Crippen MR) is 292 cm³/mol. The summed E-state index contributed by atoms with van der Waals surface area (Å²) in [7, 11) is -1.76. The Morgan fingerprint density at radius 2 is 1.77 bits per heavy atom. The minimum atomic E-state index is -4.77. The molecular formula is C57H65FN10O9S. The Labute approximate surface area is 453 Å². The molecule has 4 N–H and O–H groups in total. The number of methoxy groups -OCH3 is 2. The molecule has 410 valence electrons. The van der Waals surface area contributed by atoms with Gasteiger partial charge in [0.05, 0.1) is 36.3 Å². The number of terminal acetylenes is 1. The summed E-state index contributed by atoms with van der Waals surface area (Å²) < 4.78 is 62.1. The fourth-order valence-electron chi connectivity index (χ4n) is 11.9. The molecule has 2 saturated heterocycles. The number of pyridine rings is 3. The smallest absolute Gasteiger partial charge is 0.312 e. The first-order chi connectivity index (χ1) is 37.5. The van der Waals surface area contributed by atoms with E-state index < -0.39 is 42.9 Å². The number of piperidine rings is 1. The van der Waals surface area contributed by atoms with Crippen LogP contribution in [0.5, 0.6) is 23.3 Å². The first-order valence-corrected chi connectivity index (χ1v) is 27.9. The van der Waals surface area contributed by atoms with E-state index in [-0.39, 0.29) is 63.7 Å². The standard InChI is InChI=1S/C57H65FN10O9S/c1-6-57(70)16-13-37(14-17-57)31-60-53-47(68(71)72)27-41(32-61-53)78(73,74)64-54(69)44-12-11-39(26-49(44)77-50-28-45-46(58)33-62-52(45)63-55(50)76-5)66-21-18-56(19-22-66)29-40(30-56)67-24-23-65(34-38-15-20-59-51(25-38)75-4)35-48(67)43-10-8-7-9-42(43)36(2)3/h1,7-12,15,20,25-28,32-33,36-37,40,48,70H,13-14,16-19,21-24,29-31,34-35H2,2-5H3,(H,60,61)(H,62,63)(H,64,69)/t37?,48-,57?/m0/s1. The molecule has 2 aliphatic carbocycles. The van der Waals surface area contributed by atoms with Crippen molar-refractivity contribution < 1.29 is 41.8 Å². The van der Waals surface area contributed by atoms with E-state index in [0.29, 0.717) is 62.3 Å². The first kappa shape index (κ1) is 54.0. The maximum absolute atomic E-state index is 14.9. The lowest BCUT2D eigenvalue weighted by atomic mass is 9.59. The third-order valence-corrected chi connectivity index (χ3v) is 17.7. The van der Waals surface area contributed by atoms with Crippen molar-refractivity contribution in [2.75, 3.05) is 63.7 Å². The van der Waals surface area contributed by atoms with Crippen LogP contribution in [-0.2, 0) is 16.6 Å². The van der Waals surface area contributed by atoms with Gasteiger partial charge in [0.1, 0.15) is 27.7 Å². The van der Waals surface area contributed by atoms with Crippen molar-refractivity contribution in [1.29, 1.82) is 0 Å². The minimum absolute atomic E-state index is 0.0245. The number of nitrogens with one attached hydrogen (secondary N) is 3. The van der Waals surface area contributed by atoms with E-state index in [1.807, 2.05) is 10.8 Å². The molecule has 2 aromatic carbocycles. The highest BCUT2D eigenvalue weighted by atomic mass is 32.2. The maximum atomic E-state index is 14.9. The Bertz CT molecular complexity index is 3360. The highest BCUT2D eigenvalue weighted by Crippen LogP contribution is 2.53. The Morgan fingerprint density at radius 3 is 2.49 bits per heavy atom. The molecule has 19 nitrogen and oxygen atoms in total. The van der Waals surface area contributed by atoms with Crippen LogP contribution in [0.4, 0.5) is 21.6 Å². The summed E-state index contributed by atoms with van der Waals surface area (Å²) >= 11 is 0. The Balaban J connectivity index is 0.855. The van der Waals surface area contributed by atoms with E-state index >= 15 is 0 Å². The number of sulfonamides is 1. The van der Waals surface area contributed by atoms with Gasteiger partial charge in [-0.05, 0) is 104 Å². The third kappa shape index (κ3) is 11.3. The van der Waals surface area contributed by atoms with Crippen LogP contribution in [0.1, 0.15) is 104 Å². The summed E-state index contributed by atoms with van der Waals surface area (Å²) in [6.07, 6.45) is 15.3. The number of aromatic amines is 1. The van der Waals surface area contributed by atoms with Crippen LogP contribution in [0.3, 0.4) is 0 Å². The molecule has 0 unspecified atom stereocenters. The molecule has 4 fully saturated rings. The summed E-state index contributed by atoms with van der Waals surface area (Å²) in [6.45, 7) is 9.83. The number of piperazine rings is 1. The van der Waals surface area contributed by atoms with Crippen LogP contribution in [0, 0.1) is 39.6 Å². The highest BCUT2D eigenvalue weighted by molar-refractivity contribution is 7.90. The topological polar surface area (TPSA) is 231 Å². The molecule has 2 aliphatic heterocycles. The Kier molecular flexibility index (Phi) is 15.3. The number of hydrogen-bond donors (Lipinski definition) is 4. The number of carbonyl (C=O) groups excluding carboxylic acids is 1. The van der Waals surface area contributed by atoms with Gasteiger partial charge >= 0.3 is 5.69 Å². The van der Waals surface area contributed by atoms with Gasteiger partial charge in [0, 0.05) is 100 Å². The minimum Gasteiger partial charge on any atom is -0.481 e. The molecule has 6 aromatic rings. The number of anilines is 2. The monoisotopic (exact) mass is 1080 g/mol. The molecular weight excluding hydrogens is 1020 g/mol. The van der Waals surface area contributed by atoms with Gasteiger partial charge in [0.25, 0.3) is 21.8 Å². The first-order valence-electron chi connectivity index (χ1n) is 26.5. The molecule has 10 rings (SSSR count). The summed E-state index contributed by atoms with van der Waals surface area (Å²) in [5, 5.41) is 25.7. The summed E-state index contributed by atoms with van der Waals surface area (Å²) in [5.41, 5.74) is 3.00. The molecule has 0 radical (unpaired) electrons. The number of nitro groups is 1. The molecule has 78 heavy (non-hydrogen) atoms. The molecule has 21 heteroatoms. The fourth-order valence-corrected chi connectivity index (χ4v) is 12.9. The van der Waals surface area contributed by atoms with Gasteiger partial charge in [0.2, 0.25) is 11.7 Å². The Hall–Kier alpha value is -7.38. The van der Waals surface area contributed by atoms with Gasteiger partial charge in [-0.25, -0.2) is 27.5 Å². The molecule has 1 spiro atoms. The average molecular weight is 1090 g/mol. The van der Waals surface area contributed by atoms with Crippen LogP contribution in [-0.4, -0.2) is 119 Å². The van der Waals surface area contributed by atoms with Gasteiger partial charge in [0.15, 0.2) is 5.75 Å². The summed E-state index contributed by atoms with van der Waals surface area (Å²) in [4.78, 5) is 48.1. The van der Waals surface area contributed by atoms with Gasteiger partial charge in [-0.3, -0.25) is 24.7 Å². The van der Waals surface area contributed by atoms with Gasteiger partial charge < -0.3 is 34.5 Å². The number of amides is 1. The molecule has 0 bridgehead atoms. The second-order valence-corrected chi connectivity index (χ2v) is 23.3. The van der Waals surface area contributed by atoms with Crippen LogP contribution in [0.25, 0.3) is 11.0 Å². The number of halogens is 1. The molecule has 1 atom stereocenters. The highest BCUT2D eigenvalue weighted by Gasteiger charge is 2.50. The van der Waals surface area contributed by atoms with Crippen molar-refractivity contribution >= 4 is 44.2 Å². The molecule has 4 aliphatic rings. The van der Waals surface area contributed by atoms with Gasteiger partial charge in [-0.15, -0.1) is 6.42 Å². The summed E-state index contributed by atoms with van der Waals surface area (Å²) in [5.74, 6) is 1.47. The lowest BCUT2D eigenvalue weighted by molar-refractivity contribution is -0.384. The van der Waals surface area contributed by atoms with Crippen molar-refractivity contribution in [2.45, 2.75) is 100 Å². The molecule has 4 aromatic heterocycles. The van der Waals surface area contributed by atoms with E-state index in [1.54, 1.807) is 25.4 Å². The van der Waals surface area contributed by atoms with E-state index in [9.17, 15) is 32.8 Å². The zero-order valence-electron chi connectivity index (χ0n) is 44.2. The van der Waals surface area contributed by atoms with Crippen molar-refractivity contribution in [3.8, 4) is 35.6 Å². The van der Waals surface area contributed by atoms with E-state index in [4.69, 9.17) is 20.6 Å². The van der Waals surface area contributed by atoms with Crippen molar-refractivity contribution in [2.24, 2.45) is 11.3 Å². The predicted octanol–water partition coefficient (Wildman–Crippen LogP) is 8.73. The number of fused-ring (bicyclic) bond motifs is 1. The quantitative estimate of drug-likeness (QED) is 0.0380. The van der Waals surface area contributed by atoms with Crippen LogP contribution >= 0.6 is 0 Å². The van der Waals surface area contributed by atoms with E-state index in [2.05, 4.69) is 90.1 Å². The van der Waals surface area contributed by atoms with Crippen LogP contribution < -0.4 is 29.1 Å². The largest absolute Gasteiger partial charge is 0.481 e. The maximum Gasteiger partial charge on any atom is 0.312 e. The van der Waals surface area contributed by atoms with Crippen molar-refractivity contribution in [3.05, 3.63) is 124 Å². The number of carbonyl (C=O) groups is 1. The number of rotatable bonds is 17. The van der Waals surface area contributed by atoms with Crippen molar-refractivity contribution in [3.63, 3.8) is 0 Å². The van der Waals surface area contributed by atoms with Gasteiger partial charge in [-0.1, -0.05) is 44.0 Å². The average Bonchev–Trinajstić information content (AvgIpc) is 3.95. The van der Waals surface area contributed by atoms with Crippen LogP contribution in [0.2, 0.25) is 0 Å². The lowest BCUT2D eigenvalue weighted by Crippen LogP contribution is -2.60. The molecule has 2 saturated carbocycles. The number of aliphatic hydroxyl groups is 1. The number of ether oxygens (including phenoxy) is 3. The second kappa shape index (κ2) is 22.2. The normalized spacial score (nSPS) is 21.0. The number of aromatic nitrogens is 4.